The number of halogens is 2. The number of hydrogen-bond donors (Lipinski definition) is 2. The number of hydrogen-bond acceptors (Lipinski definition) is 3. The molecule has 3 nitrogen and oxygen atoms in total. The van der Waals surface area contributed by atoms with Crippen LogP contribution < -0.4 is 5.32 Å². The van der Waals surface area contributed by atoms with E-state index < -0.39 is 6.10 Å². The van der Waals surface area contributed by atoms with E-state index in [1.54, 1.807) is 24.5 Å². The fraction of sp³-hybridized carbons (Fsp3) is 0.286. The Morgan fingerprint density at radius 3 is 2.79 bits per heavy atom. The third kappa shape index (κ3) is 3.74. The SMILES string of the molecule is C[C@H](NCC(O)c1cc(Cl)ccc1Cl)c1ccco1. The molecule has 102 valence electrons. The molecule has 1 unspecified atom stereocenters. The molecule has 0 aliphatic carbocycles. The summed E-state index contributed by atoms with van der Waals surface area (Å²) >= 11 is 11.9. The van der Waals surface area contributed by atoms with Crippen LogP contribution >= 0.6 is 23.2 Å². The van der Waals surface area contributed by atoms with Crippen LogP contribution in [0.2, 0.25) is 10.0 Å². The zero-order valence-corrected chi connectivity index (χ0v) is 11.9. The first-order valence-corrected chi connectivity index (χ1v) is 6.73. The van der Waals surface area contributed by atoms with Gasteiger partial charge in [-0.2, -0.15) is 0 Å². The van der Waals surface area contributed by atoms with Crippen LogP contribution in [0.5, 0.6) is 0 Å². The van der Waals surface area contributed by atoms with E-state index >= 15 is 0 Å². The predicted molar refractivity (Wildman–Crippen MR) is 76.5 cm³/mol. The molecular formula is C14H15Cl2NO2. The minimum absolute atomic E-state index is 0.0163. The molecular weight excluding hydrogens is 285 g/mol. The first kappa shape index (κ1) is 14.4. The molecule has 0 aliphatic rings. The average molecular weight is 300 g/mol. The van der Waals surface area contributed by atoms with Crippen molar-refractivity contribution in [1.29, 1.82) is 0 Å². The lowest BCUT2D eigenvalue weighted by molar-refractivity contribution is 0.169. The normalized spacial score (nSPS) is 14.3. The van der Waals surface area contributed by atoms with Gasteiger partial charge in [0, 0.05) is 22.2 Å². The maximum Gasteiger partial charge on any atom is 0.120 e. The molecule has 2 aromatic rings. The highest BCUT2D eigenvalue weighted by molar-refractivity contribution is 6.33. The van der Waals surface area contributed by atoms with Gasteiger partial charge in [0.1, 0.15) is 5.76 Å². The van der Waals surface area contributed by atoms with Crippen molar-refractivity contribution in [2.24, 2.45) is 0 Å². The van der Waals surface area contributed by atoms with E-state index in [1.165, 1.54) is 0 Å². The summed E-state index contributed by atoms with van der Waals surface area (Å²) in [7, 11) is 0. The number of aliphatic hydroxyl groups is 1. The number of aliphatic hydroxyl groups excluding tert-OH is 1. The van der Waals surface area contributed by atoms with Crippen molar-refractivity contribution >= 4 is 23.2 Å². The minimum atomic E-state index is -0.719. The summed E-state index contributed by atoms with van der Waals surface area (Å²) in [6.45, 7) is 2.33. The van der Waals surface area contributed by atoms with Crippen LogP contribution in [0.4, 0.5) is 0 Å². The summed E-state index contributed by atoms with van der Waals surface area (Å²) in [5, 5.41) is 14.4. The largest absolute Gasteiger partial charge is 0.468 e. The van der Waals surface area contributed by atoms with Crippen LogP contribution in [0.3, 0.4) is 0 Å². The molecule has 19 heavy (non-hydrogen) atoms. The van der Waals surface area contributed by atoms with Crippen LogP contribution in [0.1, 0.15) is 30.4 Å². The maximum atomic E-state index is 10.1. The molecule has 0 aliphatic heterocycles. The number of rotatable bonds is 5. The Labute approximate surface area is 122 Å². The zero-order chi connectivity index (χ0) is 13.8. The van der Waals surface area contributed by atoms with Crippen molar-refractivity contribution in [1.82, 2.24) is 5.32 Å². The standard InChI is InChI=1S/C14H15Cl2NO2/c1-9(14-3-2-6-19-14)17-8-13(18)11-7-10(15)4-5-12(11)16/h2-7,9,13,17-18H,8H2,1H3/t9-,13?/m0/s1. The molecule has 0 bridgehead atoms. The van der Waals surface area contributed by atoms with Crippen LogP contribution in [0.15, 0.2) is 41.0 Å². The van der Waals surface area contributed by atoms with Gasteiger partial charge in [-0.05, 0) is 37.3 Å². The molecule has 1 heterocycles. The summed E-state index contributed by atoms with van der Waals surface area (Å²) < 4.78 is 5.28. The Bertz CT molecular complexity index is 528. The van der Waals surface area contributed by atoms with Crippen molar-refractivity contribution in [3.63, 3.8) is 0 Å². The lowest BCUT2D eigenvalue weighted by atomic mass is 10.1. The second-order valence-corrected chi connectivity index (χ2v) is 5.17. The summed E-state index contributed by atoms with van der Waals surface area (Å²) in [4.78, 5) is 0. The van der Waals surface area contributed by atoms with Gasteiger partial charge in [0.2, 0.25) is 0 Å². The number of nitrogens with one attached hydrogen (secondary N) is 1. The lowest BCUT2D eigenvalue weighted by Crippen LogP contribution is -2.24. The summed E-state index contributed by atoms with van der Waals surface area (Å²) in [6.07, 6.45) is 0.904. The van der Waals surface area contributed by atoms with Gasteiger partial charge in [-0.25, -0.2) is 0 Å². The highest BCUT2D eigenvalue weighted by Gasteiger charge is 2.14. The molecule has 0 radical (unpaired) electrons. The van der Waals surface area contributed by atoms with Gasteiger partial charge in [-0.15, -0.1) is 0 Å². The highest BCUT2D eigenvalue weighted by atomic mass is 35.5. The van der Waals surface area contributed by atoms with Crippen LogP contribution in [0.25, 0.3) is 0 Å². The third-order valence-electron chi connectivity index (χ3n) is 2.90. The molecule has 1 aromatic carbocycles. The Morgan fingerprint density at radius 2 is 2.11 bits per heavy atom. The van der Waals surface area contributed by atoms with Crippen molar-refractivity contribution in [3.05, 3.63) is 58.0 Å². The van der Waals surface area contributed by atoms with Gasteiger partial charge in [0.25, 0.3) is 0 Å². The van der Waals surface area contributed by atoms with Gasteiger partial charge in [0.15, 0.2) is 0 Å². The molecule has 5 heteroatoms. The molecule has 0 amide bonds. The van der Waals surface area contributed by atoms with E-state index in [4.69, 9.17) is 27.6 Å². The third-order valence-corrected chi connectivity index (χ3v) is 3.48. The topological polar surface area (TPSA) is 45.4 Å². The molecule has 0 saturated carbocycles. The smallest absolute Gasteiger partial charge is 0.120 e. The summed E-state index contributed by atoms with van der Waals surface area (Å²) in [5.41, 5.74) is 0.619. The Morgan fingerprint density at radius 1 is 1.32 bits per heavy atom. The fourth-order valence-electron chi connectivity index (χ4n) is 1.81. The van der Waals surface area contributed by atoms with Crippen LogP contribution in [-0.2, 0) is 0 Å². The highest BCUT2D eigenvalue weighted by Crippen LogP contribution is 2.26. The average Bonchev–Trinajstić information content (AvgIpc) is 2.92. The second kappa shape index (κ2) is 6.44. The van der Waals surface area contributed by atoms with E-state index in [-0.39, 0.29) is 6.04 Å². The summed E-state index contributed by atoms with van der Waals surface area (Å²) in [6, 6.07) is 8.78. The Balaban J connectivity index is 1.97. The van der Waals surface area contributed by atoms with Gasteiger partial charge in [0.05, 0.1) is 18.4 Å². The van der Waals surface area contributed by atoms with Crippen molar-refractivity contribution in [2.45, 2.75) is 19.1 Å². The van der Waals surface area contributed by atoms with Crippen molar-refractivity contribution < 1.29 is 9.52 Å². The first-order valence-electron chi connectivity index (χ1n) is 5.97. The van der Waals surface area contributed by atoms with Gasteiger partial charge >= 0.3 is 0 Å². The van der Waals surface area contributed by atoms with E-state index in [0.717, 1.165) is 5.76 Å². The van der Waals surface area contributed by atoms with Gasteiger partial charge < -0.3 is 14.8 Å². The minimum Gasteiger partial charge on any atom is -0.468 e. The van der Waals surface area contributed by atoms with Crippen molar-refractivity contribution in [2.75, 3.05) is 6.54 Å². The molecule has 0 saturated heterocycles. The Hall–Kier alpha value is -1.00. The fourth-order valence-corrected chi connectivity index (χ4v) is 2.23. The second-order valence-electron chi connectivity index (χ2n) is 4.33. The lowest BCUT2D eigenvalue weighted by Gasteiger charge is -2.17. The van der Waals surface area contributed by atoms with Crippen LogP contribution in [-0.4, -0.2) is 11.7 Å². The van der Waals surface area contributed by atoms with Gasteiger partial charge in [-0.1, -0.05) is 23.2 Å². The van der Waals surface area contributed by atoms with E-state index in [0.29, 0.717) is 22.2 Å². The zero-order valence-electron chi connectivity index (χ0n) is 10.4. The summed E-state index contributed by atoms with van der Waals surface area (Å²) in [5.74, 6) is 0.824. The molecule has 2 rings (SSSR count). The van der Waals surface area contributed by atoms with E-state index in [9.17, 15) is 5.11 Å². The number of furan rings is 1. The van der Waals surface area contributed by atoms with Crippen molar-refractivity contribution in [3.8, 4) is 0 Å². The number of benzene rings is 1. The van der Waals surface area contributed by atoms with Crippen LogP contribution in [0, 0.1) is 0 Å². The van der Waals surface area contributed by atoms with Gasteiger partial charge in [-0.3, -0.25) is 0 Å². The maximum absolute atomic E-state index is 10.1. The molecule has 2 N–H and O–H groups in total. The molecule has 0 spiro atoms. The first-order chi connectivity index (χ1) is 9.08. The molecule has 1 aromatic heterocycles. The molecule has 0 fully saturated rings. The predicted octanol–water partition coefficient (Wildman–Crippen LogP) is 3.97. The Kier molecular flexibility index (Phi) is 4.88. The molecule has 2 atom stereocenters. The van der Waals surface area contributed by atoms with E-state index in [1.807, 2.05) is 19.1 Å². The van der Waals surface area contributed by atoms with E-state index in [2.05, 4.69) is 5.32 Å². The quantitative estimate of drug-likeness (QED) is 0.878. The monoisotopic (exact) mass is 299 g/mol.